The molecule has 0 amide bonds. The van der Waals surface area contributed by atoms with Crippen LogP contribution < -0.4 is 0 Å². The Morgan fingerprint density at radius 3 is 2.53 bits per heavy atom. The fourth-order valence-corrected chi connectivity index (χ4v) is 1.63. The second-order valence-electron chi connectivity index (χ2n) is 3.17. The normalized spacial score (nSPS) is 10.1. The number of hydrogen-bond donors (Lipinski definition) is 1. The first-order chi connectivity index (χ1) is 7.24. The summed E-state index contributed by atoms with van der Waals surface area (Å²) in [6.07, 6.45) is 0.565. The zero-order valence-corrected chi connectivity index (χ0v) is 7.81. The van der Waals surface area contributed by atoms with Gasteiger partial charge in [-0.3, -0.25) is 4.79 Å². The van der Waals surface area contributed by atoms with Crippen molar-refractivity contribution in [3.8, 4) is 0 Å². The molecule has 0 aliphatic heterocycles. The number of carboxylic acid groups (broad SMARTS) is 1. The van der Waals surface area contributed by atoms with E-state index in [-0.39, 0.29) is 11.1 Å². The van der Waals surface area contributed by atoms with Gasteiger partial charge in [0.25, 0.3) is 0 Å². The molecule has 2 aromatic rings. The number of fused-ring (bicyclic) bond motifs is 1. The first-order valence-corrected chi connectivity index (χ1v) is 4.44. The zero-order valence-electron chi connectivity index (χ0n) is 7.81. The van der Waals surface area contributed by atoms with Crippen LogP contribution in [0.3, 0.4) is 0 Å². The lowest BCUT2D eigenvalue weighted by molar-refractivity contribution is 0.0696. The van der Waals surface area contributed by atoms with Gasteiger partial charge in [-0.1, -0.05) is 36.4 Å². The van der Waals surface area contributed by atoms with Crippen LogP contribution in [0.5, 0.6) is 0 Å². The molecule has 0 spiro atoms. The Balaban J connectivity index is 2.90. The predicted octanol–water partition coefficient (Wildman–Crippen LogP) is 2.35. The molecule has 2 rings (SSSR count). The third-order valence-corrected chi connectivity index (χ3v) is 2.30. The monoisotopic (exact) mass is 200 g/mol. The van der Waals surface area contributed by atoms with Gasteiger partial charge in [-0.25, -0.2) is 4.79 Å². The average Bonchev–Trinajstić information content (AvgIpc) is 2.27. The maximum atomic E-state index is 11.0. The maximum Gasteiger partial charge on any atom is 0.337 e. The fraction of sp³-hybridized carbons (Fsp3) is 0. The highest BCUT2D eigenvalue weighted by Crippen LogP contribution is 2.21. The van der Waals surface area contributed by atoms with Crippen LogP contribution in [0.4, 0.5) is 0 Å². The van der Waals surface area contributed by atoms with E-state index in [9.17, 15) is 9.59 Å². The van der Waals surface area contributed by atoms with Crippen molar-refractivity contribution in [3.63, 3.8) is 0 Å². The molecule has 0 heterocycles. The highest BCUT2D eigenvalue weighted by Gasteiger charge is 2.13. The molecule has 0 atom stereocenters. The largest absolute Gasteiger partial charge is 0.478 e. The van der Waals surface area contributed by atoms with Crippen LogP contribution in [0.1, 0.15) is 20.7 Å². The smallest absolute Gasteiger partial charge is 0.337 e. The predicted molar refractivity (Wildman–Crippen MR) is 56.3 cm³/mol. The topological polar surface area (TPSA) is 54.4 Å². The van der Waals surface area contributed by atoms with Crippen molar-refractivity contribution in [1.29, 1.82) is 0 Å². The van der Waals surface area contributed by atoms with Gasteiger partial charge in [-0.2, -0.15) is 0 Å². The molecule has 0 bridgehead atoms. The lowest BCUT2D eigenvalue weighted by Gasteiger charge is -2.04. The quantitative estimate of drug-likeness (QED) is 0.757. The highest BCUT2D eigenvalue weighted by molar-refractivity contribution is 6.09. The van der Waals surface area contributed by atoms with Gasteiger partial charge in [0.2, 0.25) is 0 Å². The second-order valence-corrected chi connectivity index (χ2v) is 3.17. The lowest BCUT2D eigenvalue weighted by Crippen LogP contribution is -2.02. The van der Waals surface area contributed by atoms with Crippen LogP contribution >= 0.6 is 0 Å². The minimum absolute atomic E-state index is 0.0723. The number of carbonyl (C=O) groups is 2. The van der Waals surface area contributed by atoms with Crippen molar-refractivity contribution < 1.29 is 14.7 Å². The molecule has 2 aromatic carbocycles. The number of carbonyl (C=O) groups excluding carboxylic acids is 1. The minimum atomic E-state index is -1.08. The minimum Gasteiger partial charge on any atom is -0.478 e. The van der Waals surface area contributed by atoms with E-state index in [1.54, 1.807) is 18.2 Å². The van der Waals surface area contributed by atoms with Crippen molar-refractivity contribution in [1.82, 2.24) is 0 Å². The number of benzene rings is 2. The molecular formula is C12H8O3. The Hall–Kier alpha value is -2.16. The summed E-state index contributed by atoms with van der Waals surface area (Å²) in [7, 11) is 0. The lowest BCUT2D eigenvalue weighted by atomic mass is 10.00. The van der Waals surface area contributed by atoms with Crippen LogP contribution in [-0.2, 0) is 0 Å². The van der Waals surface area contributed by atoms with Crippen LogP contribution in [0.2, 0.25) is 0 Å². The van der Waals surface area contributed by atoms with E-state index in [0.717, 1.165) is 5.39 Å². The third kappa shape index (κ3) is 1.48. The molecule has 3 nitrogen and oxygen atoms in total. The molecule has 0 fully saturated rings. The molecule has 0 saturated carbocycles. The molecule has 0 aromatic heterocycles. The summed E-state index contributed by atoms with van der Waals surface area (Å²) in [5.74, 6) is -1.08. The van der Waals surface area contributed by atoms with Crippen LogP contribution in [0.25, 0.3) is 10.8 Å². The Morgan fingerprint density at radius 2 is 1.87 bits per heavy atom. The van der Waals surface area contributed by atoms with Crippen molar-refractivity contribution in [2.24, 2.45) is 0 Å². The SMILES string of the molecule is O=Cc1ccc2ccccc2c1C(=O)O. The van der Waals surface area contributed by atoms with Gasteiger partial charge in [0.05, 0.1) is 5.56 Å². The van der Waals surface area contributed by atoms with E-state index in [1.807, 2.05) is 12.1 Å². The summed E-state index contributed by atoms with van der Waals surface area (Å²) >= 11 is 0. The van der Waals surface area contributed by atoms with Crippen LogP contribution in [0, 0.1) is 0 Å². The number of rotatable bonds is 2. The number of hydrogen-bond acceptors (Lipinski definition) is 2. The Kier molecular flexibility index (Phi) is 2.21. The van der Waals surface area contributed by atoms with E-state index in [2.05, 4.69) is 0 Å². The van der Waals surface area contributed by atoms with Gasteiger partial charge >= 0.3 is 5.97 Å². The van der Waals surface area contributed by atoms with Gasteiger partial charge in [0.1, 0.15) is 0 Å². The summed E-state index contributed by atoms with van der Waals surface area (Å²) in [6.45, 7) is 0. The molecule has 3 heteroatoms. The molecule has 0 aliphatic carbocycles. The first-order valence-electron chi connectivity index (χ1n) is 4.44. The van der Waals surface area contributed by atoms with Crippen LogP contribution in [-0.4, -0.2) is 17.4 Å². The summed E-state index contributed by atoms with van der Waals surface area (Å²) in [5, 5.41) is 10.4. The van der Waals surface area contributed by atoms with Crippen LogP contribution in [0.15, 0.2) is 36.4 Å². The van der Waals surface area contributed by atoms with Gasteiger partial charge in [0.15, 0.2) is 6.29 Å². The summed E-state index contributed by atoms with van der Waals surface area (Å²) < 4.78 is 0. The van der Waals surface area contributed by atoms with Crippen molar-refractivity contribution in [2.45, 2.75) is 0 Å². The zero-order chi connectivity index (χ0) is 10.8. The number of aldehydes is 1. The van der Waals surface area contributed by atoms with Gasteiger partial charge in [-0.15, -0.1) is 0 Å². The summed E-state index contributed by atoms with van der Waals surface area (Å²) in [6, 6.07) is 10.4. The van der Waals surface area contributed by atoms with Crippen molar-refractivity contribution in [3.05, 3.63) is 47.5 Å². The van der Waals surface area contributed by atoms with E-state index in [1.165, 1.54) is 6.07 Å². The van der Waals surface area contributed by atoms with Crippen molar-refractivity contribution in [2.75, 3.05) is 0 Å². The maximum absolute atomic E-state index is 11.0. The third-order valence-electron chi connectivity index (χ3n) is 2.30. The summed E-state index contributed by atoms with van der Waals surface area (Å²) in [5.41, 5.74) is 0.282. The Bertz CT molecular complexity index is 544. The molecule has 1 N–H and O–H groups in total. The molecule has 74 valence electrons. The average molecular weight is 200 g/mol. The standard InChI is InChI=1S/C12H8O3/c13-7-9-6-5-8-3-1-2-4-10(8)11(9)12(14)15/h1-7H,(H,14,15). The molecular weight excluding hydrogens is 192 g/mol. The van der Waals surface area contributed by atoms with Gasteiger partial charge in [-0.05, 0) is 10.8 Å². The van der Waals surface area contributed by atoms with E-state index >= 15 is 0 Å². The first kappa shape index (κ1) is 9.40. The number of aromatic carboxylic acids is 1. The van der Waals surface area contributed by atoms with E-state index in [4.69, 9.17) is 5.11 Å². The van der Waals surface area contributed by atoms with E-state index < -0.39 is 5.97 Å². The second kappa shape index (κ2) is 3.53. The Labute approximate surface area is 86.0 Å². The molecule has 0 saturated heterocycles. The molecule has 15 heavy (non-hydrogen) atoms. The molecule has 0 unspecified atom stereocenters. The van der Waals surface area contributed by atoms with Crippen molar-refractivity contribution >= 4 is 23.0 Å². The van der Waals surface area contributed by atoms with Gasteiger partial charge in [0, 0.05) is 5.56 Å². The molecule has 0 aliphatic rings. The number of carboxylic acids is 1. The highest BCUT2D eigenvalue weighted by atomic mass is 16.4. The summed E-state index contributed by atoms with van der Waals surface area (Å²) in [4.78, 5) is 21.7. The van der Waals surface area contributed by atoms with E-state index in [0.29, 0.717) is 11.7 Å². The Morgan fingerprint density at radius 1 is 1.13 bits per heavy atom. The molecule has 0 radical (unpaired) electrons. The fourth-order valence-electron chi connectivity index (χ4n) is 1.63. The van der Waals surface area contributed by atoms with Gasteiger partial charge < -0.3 is 5.11 Å².